The number of aromatic nitrogens is 2. The Morgan fingerprint density at radius 1 is 1.26 bits per heavy atom. The van der Waals surface area contributed by atoms with Crippen molar-refractivity contribution < 1.29 is 9.18 Å². The van der Waals surface area contributed by atoms with Crippen LogP contribution in [0.15, 0.2) is 59.2 Å². The van der Waals surface area contributed by atoms with E-state index in [1.54, 1.807) is 6.07 Å². The third-order valence-corrected chi connectivity index (χ3v) is 5.61. The minimum Gasteiger partial charge on any atom is -0.345 e. The summed E-state index contributed by atoms with van der Waals surface area (Å²) in [7, 11) is 0. The highest BCUT2D eigenvalue weighted by molar-refractivity contribution is 9.10. The number of carbonyl (C=O) groups is 1. The first-order valence-corrected chi connectivity index (χ1v) is 9.75. The molecule has 1 unspecified atom stereocenters. The second-order valence-electron chi connectivity index (χ2n) is 6.73. The summed E-state index contributed by atoms with van der Waals surface area (Å²) >= 11 is 3.32. The van der Waals surface area contributed by atoms with Gasteiger partial charge in [-0.15, -0.1) is 0 Å². The van der Waals surface area contributed by atoms with Gasteiger partial charge in [0.2, 0.25) is 0 Å². The van der Waals surface area contributed by atoms with Gasteiger partial charge in [0.15, 0.2) is 0 Å². The van der Waals surface area contributed by atoms with E-state index in [2.05, 4.69) is 38.5 Å². The summed E-state index contributed by atoms with van der Waals surface area (Å²) in [5.41, 5.74) is 3.71. The van der Waals surface area contributed by atoms with E-state index in [9.17, 15) is 9.18 Å². The summed E-state index contributed by atoms with van der Waals surface area (Å²) in [5.74, 6) is -0.710. The van der Waals surface area contributed by atoms with Crippen LogP contribution in [0.4, 0.5) is 4.39 Å². The third-order valence-electron chi connectivity index (χ3n) is 4.92. The molecule has 1 aliphatic rings. The molecule has 0 saturated carbocycles. The number of fused-ring (bicyclic) bond motifs is 1. The molecule has 2 aromatic carbocycles. The summed E-state index contributed by atoms with van der Waals surface area (Å²) in [4.78, 5) is 12.7. The summed E-state index contributed by atoms with van der Waals surface area (Å²) in [6.45, 7) is 0.715. The minimum absolute atomic E-state index is 0.110. The van der Waals surface area contributed by atoms with Crippen LogP contribution in [0.25, 0.3) is 0 Å². The lowest BCUT2D eigenvalue weighted by Gasteiger charge is -2.24. The Bertz CT molecular complexity index is 971. The van der Waals surface area contributed by atoms with Gasteiger partial charge < -0.3 is 5.32 Å². The van der Waals surface area contributed by atoms with E-state index in [-0.39, 0.29) is 11.9 Å². The Labute approximate surface area is 165 Å². The molecule has 4 nitrogen and oxygen atoms in total. The van der Waals surface area contributed by atoms with Gasteiger partial charge in [0.05, 0.1) is 24.3 Å². The molecule has 0 radical (unpaired) electrons. The maximum atomic E-state index is 13.5. The molecule has 6 heteroatoms. The molecule has 4 rings (SSSR count). The molecule has 1 aliphatic carbocycles. The Morgan fingerprint density at radius 3 is 2.89 bits per heavy atom. The lowest BCUT2D eigenvalue weighted by Crippen LogP contribution is -2.31. The van der Waals surface area contributed by atoms with Crippen molar-refractivity contribution in [2.24, 2.45) is 0 Å². The number of rotatable bonds is 4. The Hall–Kier alpha value is -2.47. The minimum atomic E-state index is -0.427. The van der Waals surface area contributed by atoms with Crippen molar-refractivity contribution in [1.82, 2.24) is 15.1 Å². The fraction of sp³-hybridized carbons (Fsp3) is 0.238. The zero-order valence-electron chi connectivity index (χ0n) is 14.7. The van der Waals surface area contributed by atoms with Crippen LogP contribution in [0, 0.1) is 5.82 Å². The third kappa shape index (κ3) is 3.81. The number of nitrogens with one attached hydrogen (secondary N) is 1. The molecule has 1 aromatic heterocycles. The number of amides is 1. The van der Waals surface area contributed by atoms with E-state index in [0.717, 1.165) is 30.5 Å². The van der Waals surface area contributed by atoms with Gasteiger partial charge >= 0.3 is 0 Å². The van der Waals surface area contributed by atoms with Crippen molar-refractivity contribution in [2.75, 3.05) is 0 Å². The number of halogens is 2. The van der Waals surface area contributed by atoms with Crippen LogP contribution in [-0.4, -0.2) is 15.7 Å². The van der Waals surface area contributed by atoms with Gasteiger partial charge in [0.25, 0.3) is 5.91 Å². The van der Waals surface area contributed by atoms with Crippen LogP contribution >= 0.6 is 15.9 Å². The van der Waals surface area contributed by atoms with Gasteiger partial charge in [-0.2, -0.15) is 5.10 Å². The van der Waals surface area contributed by atoms with Crippen LogP contribution in [0.1, 0.15) is 46.1 Å². The predicted octanol–water partition coefficient (Wildman–Crippen LogP) is 4.64. The zero-order valence-corrected chi connectivity index (χ0v) is 16.2. The largest absolute Gasteiger partial charge is 0.345 e. The fourth-order valence-electron chi connectivity index (χ4n) is 3.57. The van der Waals surface area contributed by atoms with Crippen LogP contribution < -0.4 is 5.32 Å². The van der Waals surface area contributed by atoms with E-state index in [1.807, 2.05) is 29.1 Å². The van der Waals surface area contributed by atoms with E-state index in [0.29, 0.717) is 16.6 Å². The lowest BCUT2D eigenvalue weighted by molar-refractivity contribution is 0.0931. The summed E-state index contributed by atoms with van der Waals surface area (Å²) in [6, 6.07) is 14.2. The maximum absolute atomic E-state index is 13.5. The molecule has 1 atom stereocenters. The van der Waals surface area contributed by atoms with Gasteiger partial charge in [-0.1, -0.05) is 30.3 Å². The monoisotopic (exact) mass is 427 g/mol. The van der Waals surface area contributed by atoms with E-state index < -0.39 is 5.82 Å². The number of benzene rings is 2. The van der Waals surface area contributed by atoms with Crippen LogP contribution in [0.3, 0.4) is 0 Å². The van der Waals surface area contributed by atoms with Crippen molar-refractivity contribution in [1.29, 1.82) is 0 Å². The highest BCUT2D eigenvalue weighted by Crippen LogP contribution is 2.30. The van der Waals surface area contributed by atoms with Gasteiger partial charge in [0.1, 0.15) is 5.82 Å². The van der Waals surface area contributed by atoms with Crippen LogP contribution in [0.2, 0.25) is 0 Å². The second-order valence-corrected chi connectivity index (χ2v) is 7.59. The van der Waals surface area contributed by atoms with Crippen LogP contribution in [0.5, 0.6) is 0 Å². The normalized spacial score (nSPS) is 16.0. The molecule has 0 saturated heterocycles. The average molecular weight is 428 g/mol. The predicted molar refractivity (Wildman–Crippen MR) is 105 cm³/mol. The number of nitrogens with zero attached hydrogens (tertiary/aromatic N) is 2. The second kappa shape index (κ2) is 7.64. The topological polar surface area (TPSA) is 46.9 Å². The highest BCUT2D eigenvalue weighted by Gasteiger charge is 2.26. The Kier molecular flexibility index (Phi) is 5.07. The van der Waals surface area contributed by atoms with Gasteiger partial charge in [-0.05, 0) is 59.0 Å². The number of hydrogen-bond donors (Lipinski definition) is 1. The van der Waals surface area contributed by atoms with Crippen molar-refractivity contribution in [3.63, 3.8) is 0 Å². The molecule has 0 spiro atoms. The first kappa shape index (κ1) is 17.9. The molecule has 1 amide bonds. The molecular weight excluding hydrogens is 409 g/mol. The molecule has 1 N–H and O–H groups in total. The first-order chi connectivity index (χ1) is 13.1. The molecule has 0 bridgehead atoms. The van der Waals surface area contributed by atoms with Crippen LogP contribution in [-0.2, 0) is 13.0 Å². The Balaban J connectivity index is 1.55. The molecule has 0 fully saturated rings. The first-order valence-electron chi connectivity index (χ1n) is 8.96. The molecule has 1 heterocycles. The standard InChI is InChI=1S/C21H19BrFN3O/c22-18-10-9-15(23)11-16(18)21(27)25-19-7-4-8-20-17(19)12-24-26(20)13-14-5-2-1-3-6-14/h1-3,5-6,9-12,19H,4,7-8,13H2,(H,25,27). The smallest absolute Gasteiger partial charge is 0.253 e. The summed E-state index contributed by atoms with van der Waals surface area (Å²) in [5, 5.41) is 7.60. The summed E-state index contributed by atoms with van der Waals surface area (Å²) in [6.07, 6.45) is 4.62. The SMILES string of the molecule is O=C(NC1CCCc2c1cnn2Cc1ccccc1)c1cc(F)ccc1Br. The van der Waals surface area contributed by atoms with Crippen molar-refractivity contribution in [3.05, 3.63) is 87.4 Å². The highest BCUT2D eigenvalue weighted by atomic mass is 79.9. The van der Waals surface area contributed by atoms with Gasteiger partial charge in [-0.3, -0.25) is 9.48 Å². The fourth-order valence-corrected chi connectivity index (χ4v) is 4.00. The number of carbonyl (C=O) groups excluding carboxylic acids is 1. The van der Waals surface area contributed by atoms with Gasteiger partial charge in [0, 0.05) is 15.7 Å². The molecule has 0 aliphatic heterocycles. The molecular formula is C21H19BrFN3O. The van der Waals surface area contributed by atoms with E-state index in [1.165, 1.54) is 17.7 Å². The Morgan fingerprint density at radius 2 is 2.07 bits per heavy atom. The quantitative estimate of drug-likeness (QED) is 0.658. The van der Waals surface area contributed by atoms with E-state index >= 15 is 0 Å². The maximum Gasteiger partial charge on any atom is 0.253 e. The van der Waals surface area contributed by atoms with Crippen molar-refractivity contribution in [2.45, 2.75) is 31.8 Å². The van der Waals surface area contributed by atoms with E-state index in [4.69, 9.17) is 0 Å². The van der Waals surface area contributed by atoms with Crippen molar-refractivity contribution >= 4 is 21.8 Å². The molecule has 3 aromatic rings. The number of hydrogen-bond acceptors (Lipinski definition) is 2. The molecule has 138 valence electrons. The van der Waals surface area contributed by atoms with Crippen molar-refractivity contribution in [3.8, 4) is 0 Å². The average Bonchev–Trinajstić information content (AvgIpc) is 3.08. The lowest BCUT2D eigenvalue weighted by atomic mass is 9.92. The zero-order chi connectivity index (χ0) is 18.8. The summed E-state index contributed by atoms with van der Waals surface area (Å²) < 4.78 is 16.1. The van der Waals surface area contributed by atoms with Gasteiger partial charge in [-0.25, -0.2) is 4.39 Å². The molecule has 27 heavy (non-hydrogen) atoms.